The third-order valence-electron chi connectivity index (χ3n) is 5.66. The minimum absolute atomic E-state index is 0.103. The molecule has 130 valence electrons. The summed E-state index contributed by atoms with van der Waals surface area (Å²) in [5.74, 6) is 2.92. The Morgan fingerprint density at radius 1 is 1.00 bits per heavy atom. The molecule has 0 N–H and O–H groups in total. The van der Waals surface area contributed by atoms with E-state index in [-0.39, 0.29) is 5.41 Å². The molecule has 0 saturated heterocycles. The fraction of sp³-hybridized carbons (Fsp3) is 0.217. The molecule has 1 aliphatic carbocycles. The highest BCUT2D eigenvalue weighted by Gasteiger charge is 2.38. The second-order valence-electron chi connectivity index (χ2n) is 7.34. The highest BCUT2D eigenvalue weighted by molar-refractivity contribution is 9.10. The lowest BCUT2D eigenvalue weighted by atomic mass is 9.73. The Morgan fingerprint density at radius 3 is 2.62 bits per heavy atom. The number of furan rings is 2. The van der Waals surface area contributed by atoms with E-state index in [1.54, 1.807) is 0 Å². The number of fused-ring (bicyclic) bond motifs is 5. The van der Waals surface area contributed by atoms with Gasteiger partial charge in [0, 0.05) is 27.3 Å². The van der Waals surface area contributed by atoms with Crippen LogP contribution in [0.2, 0.25) is 0 Å². The Labute approximate surface area is 161 Å². The molecular weight excluding hydrogens is 388 g/mol. The van der Waals surface area contributed by atoms with Gasteiger partial charge >= 0.3 is 0 Å². The van der Waals surface area contributed by atoms with Crippen LogP contribution in [0.3, 0.4) is 0 Å². The largest absolute Gasteiger partial charge is 0.461 e. The van der Waals surface area contributed by atoms with Crippen LogP contribution in [0.15, 0.2) is 67.9 Å². The molecule has 0 radical (unpaired) electrons. The molecule has 1 aliphatic rings. The van der Waals surface area contributed by atoms with Gasteiger partial charge < -0.3 is 8.83 Å². The molecule has 2 nitrogen and oxygen atoms in total. The van der Waals surface area contributed by atoms with E-state index in [0.717, 1.165) is 51.1 Å². The van der Waals surface area contributed by atoms with Gasteiger partial charge in [-0.05, 0) is 43.2 Å². The highest BCUT2D eigenvalue weighted by atomic mass is 79.9. The van der Waals surface area contributed by atoms with Crippen molar-refractivity contribution in [3.63, 3.8) is 0 Å². The zero-order valence-electron chi connectivity index (χ0n) is 14.8. The van der Waals surface area contributed by atoms with Crippen molar-refractivity contribution >= 4 is 26.9 Å². The predicted octanol–water partition coefficient (Wildman–Crippen LogP) is 7.02. The first kappa shape index (κ1) is 16.0. The Hall–Kier alpha value is -2.26. The summed E-state index contributed by atoms with van der Waals surface area (Å²) in [4.78, 5) is 0. The van der Waals surface area contributed by atoms with Crippen LogP contribution in [0.5, 0.6) is 0 Å². The molecule has 0 saturated carbocycles. The Kier molecular flexibility index (Phi) is 3.45. The van der Waals surface area contributed by atoms with Gasteiger partial charge in [0.05, 0.1) is 5.56 Å². The average molecular weight is 407 g/mol. The van der Waals surface area contributed by atoms with Crippen LogP contribution in [-0.2, 0) is 11.8 Å². The molecule has 1 atom stereocenters. The van der Waals surface area contributed by atoms with E-state index in [0.29, 0.717) is 0 Å². The van der Waals surface area contributed by atoms with Crippen LogP contribution < -0.4 is 0 Å². The van der Waals surface area contributed by atoms with Crippen LogP contribution in [0.4, 0.5) is 0 Å². The summed E-state index contributed by atoms with van der Waals surface area (Å²) in [5.41, 5.74) is 4.50. The normalized spacial score (nSPS) is 19.2. The van der Waals surface area contributed by atoms with Gasteiger partial charge in [0.15, 0.2) is 0 Å². The summed E-state index contributed by atoms with van der Waals surface area (Å²) in [6.45, 7) is 4.35. The lowest BCUT2D eigenvalue weighted by Crippen LogP contribution is -2.23. The molecule has 26 heavy (non-hydrogen) atoms. The number of hydrogen-bond acceptors (Lipinski definition) is 2. The van der Waals surface area contributed by atoms with Gasteiger partial charge in [-0.2, -0.15) is 0 Å². The molecule has 0 bridgehead atoms. The zero-order valence-corrected chi connectivity index (χ0v) is 16.4. The van der Waals surface area contributed by atoms with Crippen molar-refractivity contribution in [2.45, 2.75) is 32.1 Å². The van der Waals surface area contributed by atoms with E-state index in [2.05, 4.69) is 65.3 Å². The van der Waals surface area contributed by atoms with Crippen LogP contribution in [0.1, 0.15) is 36.0 Å². The topological polar surface area (TPSA) is 26.3 Å². The van der Waals surface area contributed by atoms with Crippen molar-refractivity contribution in [1.29, 1.82) is 0 Å². The summed E-state index contributed by atoms with van der Waals surface area (Å²) < 4.78 is 13.5. The van der Waals surface area contributed by atoms with Gasteiger partial charge in [0.2, 0.25) is 0 Å². The molecule has 0 fully saturated rings. The van der Waals surface area contributed by atoms with E-state index in [1.165, 1.54) is 11.1 Å². The number of hydrogen-bond donors (Lipinski definition) is 0. The molecule has 2 aromatic carbocycles. The van der Waals surface area contributed by atoms with E-state index >= 15 is 0 Å². The monoisotopic (exact) mass is 406 g/mol. The number of halogens is 1. The molecule has 1 unspecified atom stereocenters. The van der Waals surface area contributed by atoms with Crippen LogP contribution in [-0.4, -0.2) is 0 Å². The molecule has 2 heterocycles. The molecule has 4 aromatic rings. The van der Waals surface area contributed by atoms with Crippen LogP contribution in [0.25, 0.3) is 22.3 Å². The Balaban J connectivity index is 1.83. The smallest absolute Gasteiger partial charge is 0.142 e. The third-order valence-corrected chi connectivity index (χ3v) is 6.16. The Bertz CT molecular complexity index is 1120. The SMILES string of the molecule is Cc1cc2c(o1)-c1c(oc3ccc(Br)cc13)CCC2(C)c1ccccc1. The standard InChI is InChI=1S/C23H19BrO2/c1-14-12-18-22(25-14)21-17-13-16(24)8-9-19(17)26-20(21)10-11-23(18,2)15-6-4-3-5-7-15/h3-9,12-13H,10-11H2,1-2H3. The minimum atomic E-state index is -0.103. The number of benzene rings is 2. The van der Waals surface area contributed by atoms with Crippen molar-refractivity contribution in [2.24, 2.45) is 0 Å². The second-order valence-corrected chi connectivity index (χ2v) is 8.25. The number of rotatable bonds is 1. The van der Waals surface area contributed by atoms with Crippen molar-refractivity contribution in [3.05, 3.63) is 81.7 Å². The van der Waals surface area contributed by atoms with Crippen molar-refractivity contribution < 1.29 is 8.83 Å². The molecule has 0 aliphatic heterocycles. The first-order chi connectivity index (χ1) is 12.6. The summed E-state index contributed by atoms with van der Waals surface area (Å²) in [6, 6.07) is 19.1. The quantitative estimate of drug-likeness (QED) is 0.339. The zero-order chi connectivity index (χ0) is 17.9. The summed E-state index contributed by atoms with van der Waals surface area (Å²) in [5, 5.41) is 1.11. The minimum Gasteiger partial charge on any atom is -0.461 e. The molecule has 5 rings (SSSR count). The fourth-order valence-electron chi connectivity index (χ4n) is 4.26. The van der Waals surface area contributed by atoms with E-state index in [4.69, 9.17) is 8.83 Å². The van der Waals surface area contributed by atoms with E-state index in [1.807, 2.05) is 19.1 Å². The summed E-state index contributed by atoms with van der Waals surface area (Å²) >= 11 is 3.60. The molecular formula is C23H19BrO2. The maximum atomic E-state index is 6.26. The third kappa shape index (κ3) is 2.23. The molecule has 3 heteroatoms. The lowest BCUT2D eigenvalue weighted by Gasteiger charge is -2.29. The van der Waals surface area contributed by atoms with Gasteiger partial charge in [0.1, 0.15) is 22.9 Å². The van der Waals surface area contributed by atoms with E-state index < -0.39 is 0 Å². The van der Waals surface area contributed by atoms with Gasteiger partial charge in [-0.15, -0.1) is 0 Å². The summed E-state index contributed by atoms with van der Waals surface area (Å²) in [6.07, 6.45) is 1.87. The Morgan fingerprint density at radius 2 is 1.81 bits per heavy atom. The molecule has 2 aromatic heterocycles. The van der Waals surface area contributed by atoms with Gasteiger partial charge in [-0.25, -0.2) is 0 Å². The summed E-state index contributed by atoms with van der Waals surface area (Å²) in [7, 11) is 0. The van der Waals surface area contributed by atoms with Crippen LogP contribution in [0, 0.1) is 6.92 Å². The van der Waals surface area contributed by atoms with Crippen molar-refractivity contribution in [2.75, 3.05) is 0 Å². The predicted molar refractivity (Wildman–Crippen MR) is 108 cm³/mol. The maximum Gasteiger partial charge on any atom is 0.142 e. The van der Waals surface area contributed by atoms with Crippen molar-refractivity contribution in [1.82, 2.24) is 0 Å². The van der Waals surface area contributed by atoms with Crippen molar-refractivity contribution in [3.8, 4) is 11.3 Å². The fourth-order valence-corrected chi connectivity index (χ4v) is 4.62. The van der Waals surface area contributed by atoms with Gasteiger partial charge in [-0.1, -0.05) is 53.2 Å². The lowest BCUT2D eigenvalue weighted by molar-refractivity contribution is 0.477. The molecule has 0 spiro atoms. The first-order valence-electron chi connectivity index (χ1n) is 8.94. The first-order valence-corrected chi connectivity index (χ1v) is 9.73. The highest BCUT2D eigenvalue weighted by Crippen LogP contribution is 2.49. The maximum absolute atomic E-state index is 6.26. The average Bonchev–Trinajstić information content (AvgIpc) is 3.17. The van der Waals surface area contributed by atoms with Gasteiger partial charge in [0.25, 0.3) is 0 Å². The molecule has 0 amide bonds. The number of aryl methyl sites for hydroxylation is 2. The second kappa shape index (κ2) is 5.62. The van der Waals surface area contributed by atoms with E-state index in [9.17, 15) is 0 Å². The van der Waals surface area contributed by atoms with Gasteiger partial charge in [-0.3, -0.25) is 0 Å². The van der Waals surface area contributed by atoms with Crippen LogP contribution >= 0.6 is 15.9 Å².